The maximum atomic E-state index is 12.7. The maximum Gasteiger partial charge on any atom is 0.303 e. The van der Waals surface area contributed by atoms with Crippen LogP contribution in [0.2, 0.25) is 0 Å². The van der Waals surface area contributed by atoms with E-state index in [0.29, 0.717) is 25.8 Å². The third kappa shape index (κ3) is 5.99. The summed E-state index contributed by atoms with van der Waals surface area (Å²) in [6.07, 6.45) is 1.50. The van der Waals surface area contributed by atoms with Crippen LogP contribution in [-0.2, 0) is 16.1 Å². The van der Waals surface area contributed by atoms with Gasteiger partial charge >= 0.3 is 5.97 Å². The molecule has 0 radical (unpaired) electrons. The zero-order valence-electron chi connectivity index (χ0n) is 10.9. The lowest BCUT2D eigenvalue weighted by Gasteiger charge is -2.17. The number of carboxylic acid groups (broad SMARTS) is 1. The molecule has 0 aliphatic heterocycles. The van der Waals surface area contributed by atoms with Gasteiger partial charge < -0.3 is 10.0 Å². The first-order valence-corrected chi connectivity index (χ1v) is 6.19. The van der Waals surface area contributed by atoms with Gasteiger partial charge in [-0.25, -0.2) is 4.39 Å². The first-order valence-electron chi connectivity index (χ1n) is 6.19. The second-order valence-electron chi connectivity index (χ2n) is 4.48. The van der Waals surface area contributed by atoms with E-state index < -0.39 is 5.97 Å². The van der Waals surface area contributed by atoms with Crippen LogP contribution in [0.4, 0.5) is 4.39 Å². The average molecular weight is 267 g/mol. The Balaban J connectivity index is 2.32. The molecule has 0 saturated carbocycles. The van der Waals surface area contributed by atoms with Gasteiger partial charge in [0, 0.05) is 26.4 Å². The van der Waals surface area contributed by atoms with Crippen molar-refractivity contribution in [3.63, 3.8) is 0 Å². The van der Waals surface area contributed by atoms with Gasteiger partial charge in [0.15, 0.2) is 0 Å². The second kappa shape index (κ2) is 7.51. The Bertz CT molecular complexity index is 431. The number of halogens is 1. The lowest BCUT2D eigenvalue weighted by atomic mass is 10.1. The molecule has 0 fully saturated rings. The van der Waals surface area contributed by atoms with Crippen molar-refractivity contribution in [2.75, 3.05) is 7.05 Å². The van der Waals surface area contributed by atoms with Crippen molar-refractivity contribution >= 4 is 11.9 Å². The minimum absolute atomic E-state index is 0.0327. The Morgan fingerprint density at radius 2 is 1.74 bits per heavy atom. The summed E-state index contributed by atoms with van der Waals surface area (Å²) in [6, 6.07) is 6.01. The highest BCUT2D eigenvalue weighted by Crippen LogP contribution is 2.08. The van der Waals surface area contributed by atoms with Crippen LogP contribution in [0.15, 0.2) is 24.3 Å². The van der Waals surface area contributed by atoms with Crippen LogP contribution in [0, 0.1) is 5.82 Å². The third-order valence-corrected chi connectivity index (χ3v) is 2.79. The van der Waals surface area contributed by atoms with Crippen molar-refractivity contribution in [1.29, 1.82) is 0 Å². The van der Waals surface area contributed by atoms with Crippen LogP contribution in [0.5, 0.6) is 0 Å². The average Bonchev–Trinajstić information content (AvgIpc) is 2.36. The zero-order chi connectivity index (χ0) is 14.3. The number of aliphatic carboxylic acids is 1. The molecule has 0 saturated heterocycles. The Morgan fingerprint density at radius 3 is 2.32 bits per heavy atom. The Kier molecular flexibility index (Phi) is 5.99. The van der Waals surface area contributed by atoms with Crippen LogP contribution in [0.1, 0.15) is 31.2 Å². The van der Waals surface area contributed by atoms with Gasteiger partial charge in [0.05, 0.1) is 0 Å². The molecule has 0 heterocycles. The van der Waals surface area contributed by atoms with Crippen molar-refractivity contribution < 1.29 is 19.1 Å². The molecule has 1 N–H and O–H groups in total. The summed E-state index contributed by atoms with van der Waals surface area (Å²) in [5.74, 6) is -1.17. The molecule has 1 aromatic rings. The summed E-state index contributed by atoms with van der Waals surface area (Å²) >= 11 is 0. The van der Waals surface area contributed by atoms with Crippen LogP contribution < -0.4 is 0 Å². The predicted octanol–water partition coefficient (Wildman–Crippen LogP) is 2.43. The van der Waals surface area contributed by atoms with Crippen molar-refractivity contribution in [3.8, 4) is 0 Å². The lowest BCUT2D eigenvalue weighted by molar-refractivity contribution is -0.137. The fourth-order valence-electron chi connectivity index (χ4n) is 1.70. The first-order chi connectivity index (χ1) is 8.99. The topological polar surface area (TPSA) is 57.6 Å². The molecule has 0 bridgehead atoms. The maximum absolute atomic E-state index is 12.7. The minimum Gasteiger partial charge on any atom is -0.481 e. The minimum atomic E-state index is -0.841. The summed E-state index contributed by atoms with van der Waals surface area (Å²) in [4.78, 5) is 23.6. The third-order valence-electron chi connectivity index (χ3n) is 2.79. The largest absolute Gasteiger partial charge is 0.481 e. The number of unbranched alkanes of at least 4 members (excludes halogenated alkanes) is 1. The van der Waals surface area contributed by atoms with Gasteiger partial charge in [-0.05, 0) is 30.5 Å². The summed E-state index contributed by atoms with van der Waals surface area (Å²) in [7, 11) is 1.68. The molecule has 1 aromatic carbocycles. The molecule has 1 amide bonds. The molecule has 0 spiro atoms. The standard InChI is InChI=1S/C14H18FNO3/c1-16(10-11-6-8-12(15)9-7-11)13(17)4-2-3-5-14(18)19/h6-9H,2-5,10H2,1H3,(H,18,19). The lowest BCUT2D eigenvalue weighted by Crippen LogP contribution is -2.25. The summed E-state index contributed by atoms with van der Waals surface area (Å²) < 4.78 is 12.7. The monoisotopic (exact) mass is 267 g/mol. The molecule has 0 atom stereocenters. The predicted molar refractivity (Wildman–Crippen MR) is 69.0 cm³/mol. The van der Waals surface area contributed by atoms with E-state index >= 15 is 0 Å². The molecule has 104 valence electrons. The quantitative estimate of drug-likeness (QED) is 0.772. The van der Waals surface area contributed by atoms with Crippen molar-refractivity contribution in [2.24, 2.45) is 0 Å². The van der Waals surface area contributed by atoms with Gasteiger partial charge in [-0.1, -0.05) is 12.1 Å². The van der Waals surface area contributed by atoms with Gasteiger partial charge in [-0.15, -0.1) is 0 Å². The van der Waals surface area contributed by atoms with E-state index in [9.17, 15) is 14.0 Å². The summed E-state index contributed by atoms with van der Waals surface area (Å²) in [6.45, 7) is 0.429. The van der Waals surface area contributed by atoms with E-state index in [1.807, 2.05) is 0 Å². The van der Waals surface area contributed by atoms with Crippen molar-refractivity contribution in [2.45, 2.75) is 32.2 Å². The number of carbonyl (C=O) groups excluding carboxylic acids is 1. The molecule has 19 heavy (non-hydrogen) atoms. The van der Waals surface area contributed by atoms with E-state index in [1.54, 1.807) is 24.1 Å². The van der Waals surface area contributed by atoms with Gasteiger partial charge in [-0.2, -0.15) is 0 Å². The van der Waals surface area contributed by atoms with E-state index in [1.165, 1.54) is 12.1 Å². The van der Waals surface area contributed by atoms with E-state index in [2.05, 4.69) is 0 Å². The molecule has 0 aliphatic carbocycles. The number of rotatable bonds is 7. The highest BCUT2D eigenvalue weighted by Gasteiger charge is 2.09. The molecule has 4 nitrogen and oxygen atoms in total. The number of amides is 1. The van der Waals surface area contributed by atoms with Gasteiger partial charge in [-0.3, -0.25) is 9.59 Å². The normalized spacial score (nSPS) is 10.2. The van der Waals surface area contributed by atoms with E-state index in [4.69, 9.17) is 5.11 Å². The molecule has 5 heteroatoms. The molecule has 0 aromatic heterocycles. The smallest absolute Gasteiger partial charge is 0.303 e. The van der Waals surface area contributed by atoms with Gasteiger partial charge in [0.25, 0.3) is 0 Å². The van der Waals surface area contributed by atoms with Crippen LogP contribution >= 0.6 is 0 Å². The first kappa shape index (κ1) is 15.1. The Hall–Kier alpha value is -1.91. The number of carbonyl (C=O) groups is 2. The highest BCUT2D eigenvalue weighted by molar-refractivity contribution is 5.75. The summed E-state index contributed by atoms with van der Waals surface area (Å²) in [5, 5.41) is 8.48. The number of carboxylic acids is 1. The Morgan fingerprint density at radius 1 is 1.16 bits per heavy atom. The highest BCUT2D eigenvalue weighted by atomic mass is 19.1. The zero-order valence-corrected chi connectivity index (χ0v) is 10.9. The molecule has 1 rings (SSSR count). The molecular weight excluding hydrogens is 249 g/mol. The second-order valence-corrected chi connectivity index (χ2v) is 4.48. The number of hydrogen-bond donors (Lipinski definition) is 1. The van der Waals surface area contributed by atoms with E-state index in [0.717, 1.165) is 5.56 Å². The van der Waals surface area contributed by atoms with Crippen LogP contribution in [0.3, 0.4) is 0 Å². The van der Waals surface area contributed by atoms with Crippen LogP contribution in [-0.4, -0.2) is 28.9 Å². The van der Waals surface area contributed by atoms with Crippen LogP contribution in [0.25, 0.3) is 0 Å². The Labute approximate surface area is 111 Å². The number of benzene rings is 1. The SMILES string of the molecule is CN(Cc1ccc(F)cc1)C(=O)CCCCC(=O)O. The fraction of sp³-hybridized carbons (Fsp3) is 0.429. The summed E-state index contributed by atoms with van der Waals surface area (Å²) in [5.41, 5.74) is 0.864. The fourth-order valence-corrected chi connectivity index (χ4v) is 1.70. The van der Waals surface area contributed by atoms with E-state index in [-0.39, 0.29) is 18.1 Å². The van der Waals surface area contributed by atoms with Crippen molar-refractivity contribution in [3.05, 3.63) is 35.6 Å². The molecule has 0 unspecified atom stereocenters. The van der Waals surface area contributed by atoms with Gasteiger partial charge in [0.2, 0.25) is 5.91 Å². The van der Waals surface area contributed by atoms with Crippen molar-refractivity contribution in [1.82, 2.24) is 4.90 Å². The van der Waals surface area contributed by atoms with Gasteiger partial charge in [0.1, 0.15) is 5.82 Å². The molecule has 0 aliphatic rings. The number of hydrogen-bond acceptors (Lipinski definition) is 2. The molecular formula is C14H18FNO3. The number of nitrogens with zero attached hydrogens (tertiary/aromatic N) is 1.